The fourth-order valence-corrected chi connectivity index (χ4v) is 3.88. The van der Waals surface area contributed by atoms with Gasteiger partial charge in [0.2, 0.25) is 0 Å². The first-order chi connectivity index (χ1) is 16.8. The molecule has 4 aromatic carbocycles. The topological polar surface area (TPSA) is 41.6 Å². The van der Waals surface area contributed by atoms with Gasteiger partial charge in [0.25, 0.3) is 0 Å². The number of hydrogen-bond donors (Lipinski definition) is 1. The molecule has 0 aliphatic heterocycles. The molecule has 0 aliphatic rings. The predicted molar refractivity (Wildman–Crippen MR) is 142 cm³/mol. The Morgan fingerprint density at radius 3 is 1.88 bits per heavy atom. The van der Waals surface area contributed by atoms with Crippen molar-refractivity contribution in [3.05, 3.63) is 133 Å². The average Bonchev–Trinajstić information content (AvgIpc) is 3.36. The van der Waals surface area contributed by atoms with Gasteiger partial charge in [-0.05, 0) is 36.4 Å². The second-order valence-electron chi connectivity index (χ2n) is 7.74. The number of pyridine rings is 1. The van der Waals surface area contributed by atoms with E-state index < -0.39 is 0 Å². The van der Waals surface area contributed by atoms with Gasteiger partial charge in [-0.15, -0.1) is 0 Å². The van der Waals surface area contributed by atoms with Crippen LogP contribution in [0.4, 0.5) is 0 Å². The quantitative estimate of drug-likeness (QED) is 0.289. The van der Waals surface area contributed by atoms with E-state index >= 15 is 0 Å². The Balaban J connectivity index is 0.000000200. The van der Waals surface area contributed by atoms with E-state index in [0.29, 0.717) is 0 Å². The highest BCUT2D eigenvalue weighted by molar-refractivity contribution is 6.30. The number of H-pyrrole nitrogens is 1. The third kappa shape index (κ3) is 4.90. The van der Waals surface area contributed by atoms with Crippen molar-refractivity contribution in [2.45, 2.75) is 0 Å². The maximum absolute atomic E-state index is 6.00. The van der Waals surface area contributed by atoms with Crippen molar-refractivity contribution < 1.29 is 0 Å². The van der Waals surface area contributed by atoms with Gasteiger partial charge < -0.3 is 4.98 Å². The number of aromatic nitrogens is 3. The average molecular weight is 460 g/mol. The molecule has 0 fully saturated rings. The van der Waals surface area contributed by atoms with Crippen LogP contribution < -0.4 is 0 Å². The number of benzene rings is 4. The van der Waals surface area contributed by atoms with Gasteiger partial charge in [-0.25, -0.2) is 4.98 Å². The Labute approximate surface area is 203 Å². The van der Waals surface area contributed by atoms with Crippen molar-refractivity contribution >= 4 is 22.5 Å². The van der Waals surface area contributed by atoms with E-state index in [-0.39, 0.29) is 0 Å². The van der Waals surface area contributed by atoms with Gasteiger partial charge in [0, 0.05) is 33.3 Å². The number of aromatic amines is 1. The maximum Gasteiger partial charge on any atom is 0.138 e. The van der Waals surface area contributed by atoms with E-state index in [1.807, 2.05) is 91.1 Å². The molecule has 6 aromatic rings. The molecule has 3 nitrogen and oxygen atoms in total. The van der Waals surface area contributed by atoms with E-state index in [9.17, 15) is 0 Å². The molecule has 0 spiro atoms. The number of halogens is 1. The van der Waals surface area contributed by atoms with E-state index in [0.717, 1.165) is 44.4 Å². The minimum atomic E-state index is 0.719. The van der Waals surface area contributed by atoms with E-state index in [4.69, 9.17) is 16.6 Å². The molecule has 164 valence electrons. The lowest BCUT2D eigenvalue weighted by molar-refractivity contribution is 1.31. The molecule has 2 aromatic heterocycles. The molecule has 1 N–H and O–H groups in total. The predicted octanol–water partition coefficient (Wildman–Crippen LogP) is 8.30. The van der Waals surface area contributed by atoms with Crippen LogP contribution >= 0.6 is 11.6 Å². The van der Waals surface area contributed by atoms with Crippen LogP contribution in [0.15, 0.2) is 128 Å². The molecule has 34 heavy (non-hydrogen) atoms. The molecule has 4 heteroatoms. The summed E-state index contributed by atoms with van der Waals surface area (Å²) >= 11 is 6.00. The zero-order valence-corrected chi connectivity index (χ0v) is 19.2. The summed E-state index contributed by atoms with van der Waals surface area (Å²) in [7, 11) is 0. The standard InChI is InChI=1S/C21H15ClN2.C9H7N/c22-18-13-11-17(12-14-18)21-23-19(15-7-3-1-4-8-15)20(24-21)16-9-5-2-6-10-16;1-2-6-9-8(4-1)5-3-7-10-9/h1-14H,(H,23,24);1-7H. The molecule has 0 radical (unpaired) electrons. The highest BCUT2D eigenvalue weighted by atomic mass is 35.5. The van der Waals surface area contributed by atoms with Crippen molar-refractivity contribution in [3.8, 4) is 33.9 Å². The number of fused-ring (bicyclic) bond motifs is 1. The third-order valence-electron chi connectivity index (χ3n) is 5.44. The monoisotopic (exact) mass is 459 g/mol. The normalized spacial score (nSPS) is 10.5. The van der Waals surface area contributed by atoms with Gasteiger partial charge >= 0.3 is 0 Å². The molecule has 0 bridgehead atoms. The van der Waals surface area contributed by atoms with Crippen molar-refractivity contribution in [3.63, 3.8) is 0 Å². The van der Waals surface area contributed by atoms with Gasteiger partial charge in [-0.2, -0.15) is 0 Å². The smallest absolute Gasteiger partial charge is 0.138 e. The molecule has 0 saturated heterocycles. The first kappa shape index (κ1) is 21.6. The van der Waals surface area contributed by atoms with E-state index in [1.54, 1.807) is 0 Å². The molecule has 0 atom stereocenters. The van der Waals surface area contributed by atoms with Crippen LogP contribution in [-0.4, -0.2) is 15.0 Å². The van der Waals surface area contributed by atoms with Crippen LogP contribution in [0.25, 0.3) is 44.8 Å². The number of imidazole rings is 1. The largest absolute Gasteiger partial charge is 0.337 e. The Bertz CT molecular complexity index is 1370. The fraction of sp³-hybridized carbons (Fsp3) is 0. The minimum absolute atomic E-state index is 0.719. The SMILES string of the molecule is Clc1ccc(-c2nc(-c3ccccc3)c(-c3ccccc3)[nH]2)cc1.c1ccc2ncccc2c1. The summed E-state index contributed by atoms with van der Waals surface area (Å²) < 4.78 is 0. The molecule has 6 rings (SSSR count). The second-order valence-corrected chi connectivity index (χ2v) is 8.18. The van der Waals surface area contributed by atoms with Crippen LogP contribution in [0.1, 0.15) is 0 Å². The lowest BCUT2D eigenvalue weighted by Gasteiger charge is -2.02. The summed E-state index contributed by atoms with van der Waals surface area (Å²) in [6.07, 6.45) is 1.81. The van der Waals surface area contributed by atoms with Crippen LogP contribution in [0, 0.1) is 0 Å². The summed E-state index contributed by atoms with van der Waals surface area (Å²) in [5, 5.41) is 1.92. The van der Waals surface area contributed by atoms with Crippen molar-refractivity contribution in [2.24, 2.45) is 0 Å². The highest BCUT2D eigenvalue weighted by Crippen LogP contribution is 2.33. The number of rotatable bonds is 3. The third-order valence-corrected chi connectivity index (χ3v) is 5.70. The van der Waals surface area contributed by atoms with Gasteiger partial charge in [0.05, 0.1) is 16.9 Å². The van der Waals surface area contributed by atoms with Gasteiger partial charge in [-0.3, -0.25) is 4.98 Å². The van der Waals surface area contributed by atoms with E-state index in [1.165, 1.54) is 5.39 Å². The summed E-state index contributed by atoms with van der Waals surface area (Å²) in [5.41, 5.74) is 6.25. The fourth-order valence-electron chi connectivity index (χ4n) is 3.75. The Hall–Kier alpha value is -4.21. The zero-order chi connectivity index (χ0) is 23.2. The number of nitrogens with one attached hydrogen (secondary N) is 1. The summed E-state index contributed by atoms with van der Waals surface area (Å²) in [6, 6.07) is 40.3. The zero-order valence-electron chi connectivity index (χ0n) is 18.4. The number of nitrogens with zero attached hydrogens (tertiary/aromatic N) is 2. The van der Waals surface area contributed by atoms with Gasteiger partial charge in [0.1, 0.15) is 5.82 Å². The Morgan fingerprint density at radius 1 is 0.559 bits per heavy atom. The van der Waals surface area contributed by atoms with Crippen LogP contribution in [0.3, 0.4) is 0 Å². The van der Waals surface area contributed by atoms with Crippen LogP contribution in [-0.2, 0) is 0 Å². The molecule has 0 saturated carbocycles. The second kappa shape index (κ2) is 10.2. The summed E-state index contributed by atoms with van der Waals surface area (Å²) in [5.74, 6) is 0.837. The lowest BCUT2D eigenvalue weighted by atomic mass is 10.1. The van der Waals surface area contributed by atoms with Gasteiger partial charge in [-0.1, -0.05) is 96.5 Å². The van der Waals surface area contributed by atoms with Gasteiger partial charge in [0.15, 0.2) is 0 Å². The molecule has 0 aliphatic carbocycles. The lowest BCUT2D eigenvalue weighted by Crippen LogP contribution is -1.82. The van der Waals surface area contributed by atoms with Crippen LogP contribution in [0.2, 0.25) is 5.02 Å². The number of hydrogen-bond acceptors (Lipinski definition) is 2. The molecule has 0 amide bonds. The first-order valence-corrected chi connectivity index (χ1v) is 11.4. The van der Waals surface area contributed by atoms with Crippen molar-refractivity contribution in [1.82, 2.24) is 15.0 Å². The molecule has 0 unspecified atom stereocenters. The molecular formula is C30H22ClN3. The van der Waals surface area contributed by atoms with Crippen LogP contribution in [0.5, 0.6) is 0 Å². The molecular weight excluding hydrogens is 438 g/mol. The Morgan fingerprint density at radius 2 is 1.18 bits per heavy atom. The van der Waals surface area contributed by atoms with Crippen molar-refractivity contribution in [1.29, 1.82) is 0 Å². The number of para-hydroxylation sites is 1. The maximum atomic E-state index is 6.00. The van der Waals surface area contributed by atoms with E-state index in [2.05, 4.69) is 46.4 Å². The summed E-state index contributed by atoms with van der Waals surface area (Å²) in [4.78, 5) is 12.5. The summed E-state index contributed by atoms with van der Waals surface area (Å²) in [6.45, 7) is 0. The first-order valence-electron chi connectivity index (χ1n) is 11.0. The highest BCUT2D eigenvalue weighted by Gasteiger charge is 2.14. The minimum Gasteiger partial charge on any atom is -0.337 e. The molecule has 2 heterocycles. The Kier molecular flexibility index (Phi) is 6.46. The van der Waals surface area contributed by atoms with Crippen molar-refractivity contribution in [2.75, 3.05) is 0 Å².